The van der Waals surface area contributed by atoms with Gasteiger partial charge in [-0.1, -0.05) is 13.8 Å². The molecule has 1 aliphatic rings. The number of carbonyl (C=O) groups is 1. The molecule has 1 atom stereocenters. The number of nitrogens with zero attached hydrogens (tertiary/aromatic N) is 2. The Morgan fingerprint density at radius 1 is 1.24 bits per heavy atom. The van der Waals surface area contributed by atoms with Crippen molar-refractivity contribution in [3.8, 4) is 0 Å². The van der Waals surface area contributed by atoms with Crippen molar-refractivity contribution >= 4 is 6.03 Å². The fourth-order valence-corrected chi connectivity index (χ4v) is 2.13. The number of rotatable bonds is 7. The number of amides is 2. The van der Waals surface area contributed by atoms with Crippen LogP contribution in [0.4, 0.5) is 4.79 Å². The zero-order valence-corrected chi connectivity index (χ0v) is 11.3. The van der Waals surface area contributed by atoms with Gasteiger partial charge in [0.05, 0.1) is 19.3 Å². The van der Waals surface area contributed by atoms with Gasteiger partial charge >= 0.3 is 6.03 Å². The first-order valence-corrected chi connectivity index (χ1v) is 6.15. The van der Waals surface area contributed by atoms with Gasteiger partial charge in [-0.3, -0.25) is 0 Å². The standard InChI is InChI=1S/C12H24N2O3/c1-10(2)11(9-17-4)14-6-5-13(12(14)15)7-8-16-3/h10-11H,5-9H2,1-4H3. The summed E-state index contributed by atoms with van der Waals surface area (Å²) >= 11 is 0. The molecule has 0 aromatic carbocycles. The minimum absolute atomic E-state index is 0.109. The third-order valence-corrected chi connectivity index (χ3v) is 3.20. The Labute approximate surface area is 104 Å². The predicted molar refractivity (Wildman–Crippen MR) is 66.1 cm³/mol. The van der Waals surface area contributed by atoms with Crippen LogP contribution in [0.5, 0.6) is 0 Å². The number of hydrogen-bond donors (Lipinski definition) is 0. The lowest BCUT2D eigenvalue weighted by Gasteiger charge is -2.30. The first-order chi connectivity index (χ1) is 8.11. The van der Waals surface area contributed by atoms with Gasteiger partial charge in [-0.25, -0.2) is 4.79 Å². The summed E-state index contributed by atoms with van der Waals surface area (Å²) in [7, 11) is 3.33. The highest BCUT2D eigenvalue weighted by atomic mass is 16.5. The Kier molecular flexibility index (Phi) is 5.71. The van der Waals surface area contributed by atoms with Gasteiger partial charge in [0.25, 0.3) is 0 Å². The zero-order valence-electron chi connectivity index (χ0n) is 11.3. The number of carbonyl (C=O) groups excluding carboxylic acids is 1. The second-order valence-electron chi connectivity index (χ2n) is 4.72. The molecule has 0 saturated carbocycles. The molecule has 0 N–H and O–H groups in total. The fourth-order valence-electron chi connectivity index (χ4n) is 2.13. The monoisotopic (exact) mass is 244 g/mol. The number of ether oxygens (including phenoxy) is 2. The molecule has 0 aliphatic carbocycles. The molecule has 17 heavy (non-hydrogen) atoms. The van der Waals surface area contributed by atoms with Crippen LogP contribution in [0.2, 0.25) is 0 Å². The Hall–Kier alpha value is -0.810. The fraction of sp³-hybridized carbons (Fsp3) is 0.917. The van der Waals surface area contributed by atoms with Crippen LogP contribution in [0.3, 0.4) is 0 Å². The van der Waals surface area contributed by atoms with Crippen molar-refractivity contribution in [1.29, 1.82) is 0 Å². The van der Waals surface area contributed by atoms with E-state index in [0.29, 0.717) is 25.7 Å². The highest BCUT2D eigenvalue weighted by molar-refractivity contribution is 5.76. The van der Waals surface area contributed by atoms with Gasteiger partial charge < -0.3 is 19.3 Å². The average molecular weight is 244 g/mol. The van der Waals surface area contributed by atoms with Gasteiger partial charge in [-0.05, 0) is 5.92 Å². The lowest BCUT2D eigenvalue weighted by molar-refractivity contribution is 0.0881. The van der Waals surface area contributed by atoms with Gasteiger partial charge in [0.15, 0.2) is 0 Å². The van der Waals surface area contributed by atoms with E-state index in [-0.39, 0.29) is 12.1 Å². The smallest absolute Gasteiger partial charge is 0.320 e. The van der Waals surface area contributed by atoms with Crippen molar-refractivity contribution in [2.75, 3.05) is 47.1 Å². The number of hydrogen-bond acceptors (Lipinski definition) is 3. The average Bonchev–Trinajstić information content (AvgIpc) is 2.64. The maximum absolute atomic E-state index is 12.2. The molecular formula is C12H24N2O3. The molecule has 0 bridgehead atoms. The van der Waals surface area contributed by atoms with E-state index in [2.05, 4.69) is 13.8 Å². The molecule has 1 heterocycles. The second kappa shape index (κ2) is 6.81. The summed E-state index contributed by atoms with van der Waals surface area (Å²) < 4.78 is 10.2. The Morgan fingerprint density at radius 3 is 2.47 bits per heavy atom. The molecule has 1 saturated heterocycles. The molecular weight excluding hydrogens is 220 g/mol. The van der Waals surface area contributed by atoms with E-state index in [0.717, 1.165) is 13.1 Å². The minimum Gasteiger partial charge on any atom is -0.383 e. The Balaban J connectivity index is 2.57. The van der Waals surface area contributed by atoms with Crippen molar-refractivity contribution in [3.63, 3.8) is 0 Å². The van der Waals surface area contributed by atoms with Gasteiger partial charge in [-0.15, -0.1) is 0 Å². The van der Waals surface area contributed by atoms with E-state index in [1.165, 1.54) is 0 Å². The lowest BCUT2D eigenvalue weighted by Crippen LogP contribution is -2.45. The van der Waals surface area contributed by atoms with Crippen LogP contribution < -0.4 is 0 Å². The summed E-state index contributed by atoms with van der Waals surface area (Å²) in [5.74, 6) is 0.404. The van der Waals surface area contributed by atoms with Gasteiger partial charge in [0, 0.05) is 33.9 Å². The molecule has 5 heteroatoms. The Morgan fingerprint density at radius 2 is 1.94 bits per heavy atom. The molecule has 5 nitrogen and oxygen atoms in total. The third kappa shape index (κ3) is 3.57. The predicted octanol–water partition coefficient (Wildman–Crippen LogP) is 1.04. The van der Waals surface area contributed by atoms with Crippen molar-refractivity contribution in [2.24, 2.45) is 5.92 Å². The van der Waals surface area contributed by atoms with Crippen LogP contribution in [0.25, 0.3) is 0 Å². The molecule has 1 unspecified atom stereocenters. The van der Waals surface area contributed by atoms with Crippen LogP contribution in [0, 0.1) is 5.92 Å². The van der Waals surface area contributed by atoms with E-state index in [1.807, 2.05) is 9.80 Å². The second-order valence-corrected chi connectivity index (χ2v) is 4.72. The molecule has 2 amide bonds. The lowest BCUT2D eigenvalue weighted by atomic mass is 10.0. The summed E-state index contributed by atoms with van der Waals surface area (Å²) in [6, 6.07) is 0.276. The first-order valence-electron chi connectivity index (χ1n) is 6.15. The molecule has 1 rings (SSSR count). The minimum atomic E-state index is 0.109. The van der Waals surface area contributed by atoms with Crippen LogP contribution in [-0.2, 0) is 9.47 Å². The topological polar surface area (TPSA) is 42.0 Å². The highest BCUT2D eigenvalue weighted by Gasteiger charge is 2.34. The van der Waals surface area contributed by atoms with E-state index in [9.17, 15) is 4.79 Å². The van der Waals surface area contributed by atoms with Gasteiger partial charge in [-0.2, -0.15) is 0 Å². The van der Waals surface area contributed by atoms with Crippen molar-refractivity contribution in [3.05, 3.63) is 0 Å². The normalized spacial score (nSPS) is 18.3. The summed E-state index contributed by atoms with van der Waals surface area (Å²) in [5.41, 5.74) is 0. The molecule has 1 aliphatic heterocycles. The van der Waals surface area contributed by atoms with Crippen LogP contribution in [-0.4, -0.2) is 68.9 Å². The first kappa shape index (κ1) is 14.3. The van der Waals surface area contributed by atoms with Crippen LogP contribution in [0.1, 0.15) is 13.8 Å². The number of methoxy groups -OCH3 is 2. The third-order valence-electron chi connectivity index (χ3n) is 3.20. The summed E-state index contributed by atoms with van der Waals surface area (Å²) in [6.07, 6.45) is 0. The Bertz CT molecular complexity index is 246. The quantitative estimate of drug-likeness (QED) is 0.672. The van der Waals surface area contributed by atoms with Crippen molar-refractivity contribution < 1.29 is 14.3 Å². The number of urea groups is 1. The van der Waals surface area contributed by atoms with Gasteiger partial charge in [0.2, 0.25) is 0 Å². The van der Waals surface area contributed by atoms with E-state index in [4.69, 9.17) is 9.47 Å². The molecule has 100 valence electrons. The maximum atomic E-state index is 12.2. The van der Waals surface area contributed by atoms with E-state index >= 15 is 0 Å². The summed E-state index contributed by atoms with van der Waals surface area (Å²) in [5, 5.41) is 0. The molecule has 0 radical (unpaired) electrons. The highest BCUT2D eigenvalue weighted by Crippen LogP contribution is 2.18. The zero-order chi connectivity index (χ0) is 12.8. The van der Waals surface area contributed by atoms with E-state index in [1.54, 1.807) is 14.2 Å². The SMILES string of the molecule is COCCN1CCN(C(COC)C(C)C)C1=O. The summed E-state index contributed by atoms with van der Waals surface area (Å²) in [6.45, 7) is 7.68. The van der Waals surface area contributed by atoms with Gasteiger partial charge in [0.1, 0.15) is 0 Å². The summed E-state index contributed by atoms with van der Waals surface area (Å²) in [4.78, 5) is 15.9. The molecule has 1 fully saturated rings. The molecule has 0 spiro atoms. The van der Waals surface area contributed by atoms with Crippen molar-refractivity contribution in [2.45, 2.75) is 19.9 Å². The van der Waals surface area contributed by atoms with Crippen LogP contribution in [0.15, 0.2) is 0 Å². The molecule has 0 aromatic rings. The largest absolute Gasteiger partial charge is 0.383 e. The van der Waals surface area contributed by atoms with Crippen LogP contribution >= 0.6 is 0 Å². The van der Waals surface area contributed by atoms with Crippen molar-refractivity contribution in [1.82, 2.24) is 9.80 Å². The maximum Gasteiger partial charge on any atom is 0.320 e. The van der Waals surface area contributed by atoms with E-state index < -0.39 is 0 Å². The molecule has 0 aromatic heterocycles.